The maximum absolute atomic E-state index is 8.06. The molecule has 0 atom stereocenters. The summed E-state index contributed by atoms with van der Waals surface area (Å²) in [6, 6.07) is 0. The van der Waals surface area contributed by atoms with Crippen molar-refractivity contribution in [1.29, 1.82) is 0 Å². The summed E-state index contributed by atoms with van der Waals surface area (Å²) in [4.78, 5) is 0. The van der Waals surface area contributed by atoms with Crippen LogP contribution in [0.4, 0.5) is 0 Å². The van der Waals surface area contributed by atoms with E-state index in [-0.39, 0.29) is 19.0 Å². The molecule has 0 spiro atoms. The third-order valence-electron chi connectivity index (χ3n) is 0. The summed E-state index contributed by atoms with van der Waals surface area (Å²) in [7, 11) is 0. The zero-order valence-electron chi connectivity index (χ0n) is 3.52. The Bertz CT molecular complexity index is 10.3. The zero-order chi connectivity index (χ0) is 3.58. The van der Waals surface area contributed by atoms with E-state index in [0.717, 1.165) is 0 Å². The minimum Gasteiger partial charge on any atom is -0.412 e. The average Bonchev–Trinajstić information content (AvgIpc) is 0.811. The maximum atomic E-state index is 8.06. The molecule has 2 heteroatoms. The minimum absolute atomic E-state index is 0. The van der Waals surface area contributed by atoms with Gasteiger partial charge >= 0.3 is 0 Å². The first-order chi connectivity index (χ1) is 1.73. The van der Waals surface area contributed by atoms with Crippen LogP contribution in [0.3, 0.4) is 0 Å². The lowest BCUT2D eigenvalue weighted by Gasteiger charge is -1.80. The number of rotatable bonds is 0. The quantitative estimate of drug-likeness (QED) is 0.458. The first-order valence-corrected chi connectivity index (χ1v) is 1.41. The molecule has 0 saturated carbocycles. The molecule has 0 aromatic rings. The molecule has 0 bridgehead atoms. The molecule has 42 valence electrons. The molecular weight excluding hydrogens is 80.0 g/mol. The van der Waals surface area contributed by atoms with E-state index in [1.54, 1.807) is 13.8 Å². The number of hydrogen-bond donors (Lipinski definition) is 1. The largest absolute Gasteiger partial charge is 0.412 e. The van der Waals surface area contributed by atoms with E-state index in [2.05, 4.69) is 0 Å². The molecule has 0 heterocycles. The van der Waals surface area contributed by atoms with Gasteiger partial charge in [-0.15, -0.1) is 0 Å². The van der Waals surface area contributed by atoms with E-state index in [1.165, 1.54) is 0 Å². The van der Waals surface area contributed by atoms with Crippen molar-refractivity contribution in [3.05, 3.63) is 0 Å². The maximum Gasteiger partial charge on any atom is 0.0483 e. The molecule has 0 saturated heterocycles. The number of aliphatic hydroxyl groups is 1. The molecule has 0 unspecified atom stereocenters. The third-order valence-corrected chi connectivity index (χ3v) is 0. The fraction of sp³-hybridized carbons (Fsp3) is 1.00. The summed E-state index contributed by atoms with van der Waals surface area (Å²) in [5.41, 5.74) is 0. The van der Waals surface area contributed by atoms with Crippen LogP contribution in [0.15, 0.2) is 0 Å². The molecule has 0 aromatic carbocycles. The van der Waals surface area contributed by atoms with E-state index in [0.29, 0.717) is 0 Å². The highest BCUT2D eigenvalue weighted by Gasteiger charge is 1.69. The minimum atomic E-state index is -0.167. The molecule has 0 fully saturated rings. The van der Waals surface area contributed by atoms with Gasteiger partial charge in [-0.05, 0) is 13.8 Å². The molecular formula is C4H14O2. The van der Waals surface area contributed by atoms with Crippen molar-refractivity contribution in [1.82, 2.24) is 0 Å². The van der Waals surface area contributed by atoms with Crippen LogP contribution < -0.4 is 0 Å². The highest BCUT2D eigenvalue weighted by Crippen LogP contribution is 1.65. The van der Waals surface area contributed by atoms with E-state index in [9.17, 15) is 0 Å². The Kier molecular flexibility index (Phi) is 24.8. The first-order valence-electron chi connectivity index (χ1n) is 1.41. The Balaban J connectivity index is -0.0000000450. The van der Waals surface area contributed by atoms with Crippen molar-refractivity contribution in [3.8, 4) is 0 Å². The van der Waals surface area contributed by atoms with E-state index < -0.39 is 0 Å². The van der Waals surface area contributed by atoms with Crippen molar-refractivity contribution in [2.75, 3.05) is 0 Å². The summed E-state index contributed by atoms with van der Waals surface area (Å²) >= 11 is 0. The second-order valence-electron chi connectivity index (χ2n) is 1.09. The van der Waals surface area contributed by atoms with E-state index in [1.807, 2.05) is 0 Å². The first kappa shape index (κ1) is 16.8. The Morgan fingerprint density at radius 1 is 1.33 bits per heavy atom. The van der Waals surface area contributed by atoms with E-state index >= 15 is 0 Å². The van der Waals surface area contributed by atoms with Crippen molar-refractivity contribution in [2.45, 2.75) is 27.4 Å². The van der Waals surface area contributed by atoms with Crippen molar-refractivity contribution >= 4 is 0 Å². The van der Waals surface area contributed by atoms with Crippen LogP contribution in [0.25, 0.3) is 0 Å². The van der Waals surface area contributed by atoms with Gasteiger partial charge in [0.05, 0.1) is 0 Å². The molecule has 2 nitrogen and oxygen atoms in total. The van der Waals surface area contributed by atoms with Crippen LogP contribution in [0.1, 0.15) is 21.3 Å². The Morgan fingerprint density at radius 2 is 1.33 bits per heavy atom. The fourth-order valence-electron chi connectivity index (χ4n) is 0. The van der Waals surface area contributed by atoms with Gasteiger partial charge in [0.1, 0.15) is 0 Å². The predicted molar refractivity (Wildman–Crippen MR) is 27.7 cm³/mol. The predicted octanol–water partition coefficient (Wildman–Crippen LogP) is 0.199. The van der Waals surface area contributed by atoms with Gasteiger partial charge in [0.15, 0.2) is 0 Å². The van der Waals surface area contributed by atoms with E-state index in [4.69, 9.17) is 5.11 Å². The van der Waals surface area contributed by atoms with Crippen molar-refractivity contribution in [2.24, 2.45) is 0 Å². The van der Waals surface area contributed by atoms with Crippen LogP contribution in [0, 0.1) is 0 Å². The Labute approximate surface area is 39.1 Å². The molecule has 0 aliphatic rings. The number of aliphatic hydroxyl groups excluding tert-OH is 1. The Morgan fingerprint density at radius 3 is 1.33 bits per heavy atom. The van der Waals surface area contributed by atoms with Crippen LogP contribution >= 0.6 is 0 Å². The van der Waals surface area contributed by atoms with Crippen LogP contribution in [-0.4, -0.2) is 16.7 Å². The lowest BCUT2D eigenvalue weighted by atomic mass is 10.5. The second kappa shape index (κ2) is 8.87. The average molecular weight is 94.2 g/mol. The molecule has 0 aliphatic carbocycles. The molecule has 0 aromatic heterocycles. The van der Waals surface area contributed by atoms with Crippen molar-refractivity contribution < 1.29 is 10.6 Å². The molecule has 0 amide bonds. The van der Waals surface area contributed by atoms with Crippen molar-refractivity contribution in [3.63, 3.8) is 0 Å². The summed E-state index contributed by atoms with van der Waals surface area (Å²) in [5.74, 6) is 0. The molecule has 0 rings (SSSR count). The fourth-order valence-corrected chi connectivity index (χ4v) is 0. The Hall–Kier alpha value is -0.0800. The zero-order valence-corrected chi connectivity index (χ0v) is 3.52. The molecule has 6 heavy (non-hydrogen) atoms. The van der Waals surface area contributed by atoms with Crippen LogP contribution in [0.5, 0.6) is 0 Å². The van der Waals surface area contributed by atoms with Gasteiger partial charge in [-0.1, -0.05) is 7.43 Å². The van der Waals surface area contributed by atoms with Gasteiger partial charge in [0.25, 0.3) is 0 Å². The second-order valence-corrected chi connectivity index (χ2v) is 1.09. The smallest absolute Gasteiger partial charge is 0.0483 e. The standard InChI is InChI=1S/C3H8O.CH4.H2O/c1-3(2)4;;/h3-4H,1-2H3;1H4;1H2. The monoisotopic (exact) mass is 94.1 g/mol. The van der Waals surface area contributed by atoms with Gasteiger partial charge in [0.2, 0.25) is 0 Å². The van der Waals surface area contributed by atoms with Gasteiger partial charge in [0, 0.05) is 6.10 Å². The highest BCUT2D eigenvalue weighted by atomic mass is 16.3. The molecule has 0 radical (unpaired) electrons. The van der Waals surface area contributed by atoms with Gasteiger partial charge in [-0.25, -0.2) is 0 Å². The lowest BCUT2D eigenvalue weighted by molar-refractivity contribution is 0.216. The molecule has 3 N–H and O–H groups in total. The van der Waals surface area contributed by atoms with Crippen LogP contribution in [-0.2, 0) is 0 Å². The van der Waals surface area contributed by atoms with Crippen LogP contribution in [0.2, 0.25) is 0 Å². The summed E-state index contributed by atoms with van der Waals surface area (Å²) in [5, 5.41) is 8.06. The SMILES string of the molecule is C.CC(C)O.O. The topological polar surface area (TPSA) is 51.7 Å². The normalized spacial score (nSPS) is 6.00. The molecule has 0 aliphatic heterocycles. The summed E-state index contributed by atoms with van der Waals surface area (Å²) in [6.07, 6.45) is -0.167. The third kappa shape index (κ3) is 5220. The van der Waals surface area contributed by atoms with Gasteiger partial charge in [-0.2, -0.15) is 0 Å². The lowest BCUT2D eigenvalue weighted by Crippen LogP contribution is -1.85. The summed E-state index contributed by atoms with van der Waals surface area (Å²) < 4.78 is 0. The summed E-state index contributed by atoms with van der Waals surface area (Å²) in [6.45, 7) is 3.44. The van der Waals surface area contributed by atoms with Gasteiger partial charge < -0.3 is 10.6 Å². The highest BCUT2D eigenvalue weighted by molar-refractivity contribution is 4.20. The van der Waals surface area contributed by atoms with Gasteiger partial charge in [-0.3, -0.25) is 0 Å². The number of hydrogen-bond acceptors (Lipinski definition) is 1.